The van der Waals surface area contributed by atoms with E-state index in [1.165, 1.54) is 24.3 Å². The summed E-state index contributed by atoms with van der Waals surface area (Å²) in [6.07, 6.45) is 4.28. The van der Waals surface area contributed by atoms with E-state index in [2.05, 4.69) is 5.32 Å². The summed E-state index contributed by atoms with van der Waals surface area (Å²) < 4.78 is 21.1. The van der Waals surface area contributed by atoms with E-state index in [1.54, 1.807) is 31.4 Å². The number of benzene rings is 2. The standard InChI is InChI=1S/C31H36N2O10/c1-40-26-11-7-23(8-12-26)19-41-28(36)31(32-29(37)42-20-22-5-9-25(10-6-22)33(38)39)17-13-24(14-18-31)30(27(35)43-21-34)15-3-2-4-16-30/h5-12,21,24H,2-4,13-20H2,1H3,(H,32,37). The molecule has 0 aromatic heterocycles. The number of non-ortho nitro benzene ring substituents is 1. The number of hydrogen-bond donors (Lipinski definition) is 1. The molecule has 2 aromatic carbocycles. The van der Waals surface area contributed by atoms with Crippen LogP contribution in [0.3, 0.4) is 0 Å². The van der Waals surface area contributed by atoms with E-state index < -0.39 is 33.9 Å². The zero-order valence-electron chi connectivity index (χ0n) is 24.1. The molecule has 43 heavy (non-hydrogen) atoms. The minimum absolute atomic E-state index is 0.0247. The molecular formula is C31H36N2O10. The van der Waals surface area contributed by atoms with Crippen LogP contribution in [-0.2, 0) is 41.8 Å². The van der Waals surface area contributed by atoms with Crippen molar-refractivity contribution in [2.45, 2.75) is 76.5 Å². The Kier molecular flexibility index (Phi) is 10.3. The number of ether oxygens (including phenoxy) is 4. The number of nitrogens with zero attached hydrogens (tertiary/aromatic N) is 1. The van der Waals surface area contributed by atoms with Crippen LogP contribution in [-0.4, -0.2) is 42.1 Å². The summed E-state index contributed by atoms with van der Waals surface area (Å²) in [4.78, 5) is 61.0. The topological polar surface area (TPSA) is 160 Å². The molecule has 0 saturated heterocycles. The molecule has 4 rings (SSSR count). The van der Waals surface area contributed by atoms with E-state index in [9.17, 15) is 29.3 Å². The van der Waals surface area contributed by atoms with Crippen LogP contribution >= 0.6 is 0 Å². The second-order valence-electron chi connectivity index (χ2n) is 11.1. The highest BCUT2D eigenvalue weighted by Gasteiger charge is 2.53. The third kappa shape index (κ3) is 7.49. The monoisotopic (exact) mass is 596 g/mol. The van der Waals surface area contributed by atoms with Gasteiger partial charge in [0.05, 0.1) is 17.4 Å². The van der Waals surface area contributed by atoms with Gasteiger partial charge < -0.3 is 24.3 Å². The van der Waals surface area contributed by atoms with Crippen molar-refractivity contribution >= 4 is 30.2 Å². The Hall–Kier alpha value is -4.48. The maximum atomic E-state index is 13.6. The van der Waals surface area contributed by atoms with Gasteiger partial charge in [-0.1, -0.05) is 31.4 Å². The lowest BCUT2D eigenvalue weighted by atomic mass is 9.59. The highest BCUT2D eigenvalue weighted by Crippen LogP contribution is 2.50. The van der Waals surface area contributed by atoms with Gasteiger partial charge in [0.25, 0.3) is 5.69 Å². The van der Waals surface area contributed by atoms with Gasteiger partial charge in [-0.2, -0.15) is 0 Å². The van der Waals surface area contributed by atoms with Gasteiger partial charge in [0, 0.05) is 12.1 Å². The van der Waals surface area contributed by atoms with Crippen LogP contribution in [0.15, 0.2) is 48.5 Å². The van der Waals surface area contributed by atoms with E-state index in [1.807, 2.05) is 0 Å². The van der Waals surface area contributed by atoms with Crippen molar-refractivity contribution in [1.29, 1.82) is 0 Å². The third-order valence-corrected chi connectivity index (χ3v) is 8.71. The summed E-state index contributed by atoms with van der Waals surface area (Å²) in [6, 6.07) is 12.6. The summed E-state index contributed by atoms with van der Waals surface area (Å²) >= 11 is 0. The van der Waals surface area contributed by atoms with Gasteiger partial charge in [-0.3, -0.25) is 19.7 Å². The molecule has 0 heterocycles. The van der Waals surface area contributed by atoms with Gasteiger partial charge in [0.15, 0.2) is 0 Å². The molecule has 0 spiro atoms. The number of nitro groups is 1. The number of nitrogens with one attached hydrogen (secondary N) is 1. The molecular weight excluding hydrogens is 560 g/mol. The first-order valence-electron chi connectivity index (χ1n) is 14.3. The molecule has 2 saturated carbocycles. The molecule has 230 valence electrons. The smallest absolute Gasteiger partial charge is 0.408 e. The number of esters is 2. The number of methoxy groups -OCH3 is 1. The number of nitro benzene ring substituents is 1. The van der Waals surface area contributed by atoms with Crippen LogP contribution in [0.5, 0.6) is 5.75 Å². The Morgan fingerprint density at radius 1 is 0.884 bits per heavy atom. The molecule has 2 aliphatic carbocycles. The lowest BCUT2D eigenvalue weighted by Crippen LogP contribution is -2.58. The molecule has 0 radical (unpaired) electrons. The summed E-state index contributed by atoms with van der Waals surface area (Å²) in [6.45, 7) is -0.0158. The first kappa shape index (κ1) is 31.5. The van der Waals surface area contributed by atoms with Crippen molar-refractivity contribution in [1.82, 2.24) is 5.32 Å². The number of alkyl carbamates (subject to hydrolysis) is 1. The van der Waals surface area contributed by atoms with Crippen molar-refractivity contribution in [2.24, 2.45) is 11.3 Å². The molecule has 2 aliphatic rings. The molecule has 12 nitrogen and oxygen atoms in total. The van der Waals surface area contributed by atoms with Gasteiger partial charge in [-0.05, 0) is 79.8 Å². The van der Waals surface area contributed by atoms with Crippen LogP contribution in [0.25, 0.3) is 0 Å². The lowest BCUT2D eigenvalue weighted by Gasteiger charge is -2.46. The minimum Gasteiger partial charge on any atom is -0.497 e. The molecule has 12 heteroatoms. The van der Waals surface area contributed by atoms with Crippen LogP contribution in [0.1, 0.15) is 68.9 Å². The van der Waals surface area contributed by atoms with E-state index in [0.29, 0.717) is 37.0 Å². The van der Waals surface area contributed by atoms with Crippen LogP contribution in [0.4, 0.5) is 10.5 Å². The van der Waals surface area contributed by atoms with E-state index in [0.717, 1.165) is 24.8 Å². The average Bonchev–Trinajstić information content (AvgIpc) is 3.03. The minimum atomic E-state index is -1.40. The number of carbonyl (C=O) groups excluding carboxylic acids is 4. The molecule has 0 atom stereocenters. The molecule has 0 bridgehead atoms. The van der Waals surface area contributed by atoms with Crippen molar-refractivity contribution < 1.29 is 43.0 Å². The number of carbonyl (C=O) groups is 4. The Morgan fingerprint density at radius 3 is 2.02 bits per heavy atom. The van der Waals surface area contributed by atoms with Gasteiger partial charge in [0.2, 0.25) is 0 Å². The van der Waals surface area contributed by atoms with Crippen molar-refractivity contribution in [3.05, 3.63) is 69.8 Å². The average molecular weight is 597 g/mol. The lowest BCUT2D eigenvalue weighted by molar-refractivity contribution is -0.384. The third-order valence-electron chi connectivity index (χ3n) is 8.71. The van der Waals surface area contributed by atoms with Crippen molar-refractivity contribution in [3.63, 3.8) is 0 Å². The Balaban J connectivity index is 1.47. The fourth-order valence-corrected chi connectivity index (χ4v) is 6.27. The highest BCUT2D eigenvalue weighted by atomic mass is 16.6. The van der Waals surface area contributed by atoms with Crippen LogP contribution in [0.2, 0.25) is 0 Å². The Morgan fingerprint density at radius 2 is 1.47 bits per heavy atom. The Bertz CT molecular complexity index is 1290. The predicted molar refractivity (Wildman–Crippen MR) is 152 cm³/mol. The van der Waals surface area contributed by atoms with Gasteiger partial charge in [-0.15, -0.1) is 0 Å². The fraction of sp³-hybridized carbons (Fsp3) is 0.484. The second kappa shape index (κ2) is 14.1. The SMILES string of the molecule is COc1ccc(COC(=O)C2(NC(=O)OCc3ccc([N+](=O)[O-])cc3)CCC(C3(C(=O)OC=O)CCCCC3)CC2)cc1. The first-order valence-corrected chi connectivity index (χ1v) is 14.3. The fourth-order valence-electron chi connectivity index (χ4n) is 6.27. The molecule has 1 amide bonds. The van der Waals surface area contributed by atoms with Crippen LogP contribution in [0, 0.1) is 21.4 Å². The second-order valence-corrected chi connectivity index (χ2v) is 11.1. The maximum Gasteiger partial charge on any atom is 0.408 e. The number of rotatable bonds is 11. The summed E-state index contributed by atoms with van der Waals surface area (Å²) in [5.74, 6) is -0.632. The zero-order chi connectivity index (χ0) is 30.9. The maximum absolute atomic E-state index is 13.6. The van der Waals surface area contributed by atoms with Gasteiger partial charge in [-0.25, -0.2) is 9.59 Å². The van der Waals surface area contributed by atoms with Crippen molar-refractivity contribution in [3.8, 4) is 5.75 Å². The zero-order valence-corrected chi connectivity index (χ0v) is 24.1. The largest absolute Gasteiger partial charge is 0.497 e. The molecule has 0 unspecified atom stereocenters. The summed E-state index contributed by atoms with van der Waals surface area (Å²) in [5.41, 5.74) is -1.03. The summed E-state index contributed by atoms with van der Waals surface area (Å²) in [7, 11) is 1.55. The highest BCUT2D eigenvalue weighted by molar-refractivity contribution is 5.86. The van der Waals surface area contributed by atoms with E-state index in [4.69, 9.17) is 18.9 Å². The first-order chi connectivity index (χ1) is 20.7. The molecule has 2 aromatic rings. The summed E-state index contributed by atoms with van der Waals surface area (Å²) in [5, 5.41) is 13.6. The van der Waals surface area contributed by atoms with E-state index in [-0.39, 0.29) is 44.1 Å². The van der Waals surface area contributed by atoms with Gasteiger partial charge in [0.1, 0.15) is 24.5 Å². The molecule has 1 N–H and O–H groups in total. The number of amides is 1. The van der Waals surface area contributed by atoms with Crippen molar-refractivity contribution in [2.75, 3.05) is 7.11 Å². The predicted octanol–water partition coefficient (Wildman–Crippen LogP) is 5.15. The Labute approximate surface area is 249 Å². The number of hydrogen-bond acceptors (Lipinski definition) is 10. The molecule has 0 aliphatic heterocycles. The normalized spacial score (nSPS) is 21.1. The molecule has 2 fully saturated rings. The quantitative estimate of drug-likeness (QED) is 0.0917. The van der Waals surface area contributed by atoms with Gasteiger partial charge >= 0.3 is 24.5 Å². The van der Waals surface area contributed by atoms with E-state index >= 15 is 0 Å². The van der Waals surface area contributed by atoms with Crippen LogP contribution < -0.4 is 10.1 Å².